The number of hydrogen-bond acceptors (Lipinski definition) is 5. The van der Waals surface area contributed by atoms with Crippen LogP contribution < -0.4 is 0 Å². The SMILES string of the molecule is CCN1C(=O)/C(=C/c2ccccc2Cl)SC1=Nc1ccc(O)cc1C(=O)O. The number of amides is 1. The average Bonchev–Trinajstić information content (AvgIpc) is 2.93. The van der Waals surface area contributed by atoms with Crippen molar-refractivity contribution in [3.05, 3.63) is 63.5 Å². The van der Waals surface area contributed by atoms with Gasteiger partial charge in [-0.05, 0) is 54.6 Å². The summed E-state index contributed by atoms with van der Waals surface area (Å²) < 4.78 is 0. The number of likely N-dealkylation sites (N-methyl/N-ethyl adjacent to an activating group) is 1. The van der Waals surface area contributed by atoms with Crippen LogP contribution in [-0.2, 0) is 4.79 Å². The molecule has 0 bridgehead atoms. The minimum atomic E-state index is -1.21. The van der Waals surface area contributed by atoms with Crippen molar-refractivity contribution in [1.82, 2.24) is 4.90 Å². The first-order valence-corrected chi connectivity index (χ1v) is 9.21. The topological polar surface area (TPSA) is 90.2 Å². The van der Waals surface area contributed by atoms with Crippen LogP contribution in [0.5, 0.6) is 5.75 Å². The first kappa shape index (κ1) is 19.0. The summed E-state index contributed by atoms with van der Waals surface area (Å²) in [7, 11) is 0. The van der Waals surface area contributed by atoms with Crippen LogP contribution in [0.3, 0.4) is 0 Å². The molecule has 2 N–H and O–H groups in total. The number of carboxylic acids is 1. The number of rotatable bonds is 4. The van der Waals surface area contributed by atoms with Crippen molar-refractivity contribution in [3.63, 3.8) is 0 Å². The number of aliphatic imine (C=N–C) groups is 1. The largest absolute Gasteiger partial charge is 0.508 e. The number of carbonyl (C=O) groups is 2. The second-order valence-corrected chi connectivity index (χ2v) is 7.00. The van der Waals surface area contributed by atoms with Crippen LogP contribution in [0, 0.1) is 0 Å². The highest BCUT2D eigenvalue weighted by Crippen LogP contribution is 2.36. The fourth-order valence-corrected chi connectivity index (χ4v) is 3.74. The Kier molecular flexibility index (Phi) is 5.53. The quantitative estimate of drug-likeness (QED) is 0.741. The maximum absolute atomic E-state index is 12.7. The van der Waals surface area contributed by atoms with Crippen LogP contribution in [-0.4, -0.2) is 38.7 Å². The van der Waals surface area contributed by atoms with E-state index in [2.05, 4.69) is 4.99 Å². The molecule has 138 valence electrons. The molecular formula is C19H15ClN2O4S. The van der Waals surface area contributed by atoms with Crippen LogP contribution in [0.2, 0.25) is 5.02 Å². The normalized spacial score (nSPS) is 17.1. The number of phenolic OH excluding ortho intramolecular Hbond substituents is 1. The van der Waals surface area contributed by atoms with E-state index in [1.807, 2.05) is 6.07 Å². The van der Waals surface area contributed by atoms with Gasteiger partial charge in [0.05, 0.1) is 16.2 Å². The molecule has 1 saturated heterocycles. The Labute approximate surface area is 164 Å². The van der Waals surface area contributed by atoms with E-state index in [9.17, 15) is 19.8 Å². The zero-order valence-electron chi connectivity index (χ0n) is 14.2. The number of hydrogen-bond donors (Lipinski definition) is 2. The lowest BCUT2D eigenvalue weighted by Crippen LogP contribution is -2.28. The van der Waals surface area contributed by atoms with Gasteiger partial charge < -0.3 is 10.2 Å². The molecule has 1 aliphatic heterocycles. The monoisotopic (exact) mass is 402 g/mol. The summed E-state index contributed by atoms with van der Waals surface area (Å²) in [5, 5.41) is 19.7. The number of benzene rings is 2. The molecule has 2 aromatic carbocycles. The Morgan fingerprint density at radius 3 is 2.70 bits per heavy atom. The van der Waals surface area contributed by atoms with Crippen LogP contribution >= 0.6 is 23.4 Å². The highest BCUT2D eigenvalue weighted by Gasteiger charge is 2.32. The van der Waals surface area contributed by atoms with Gasteiger partial charge in [-0.2, -0.15) is 0 Å². The van der Waals surface area contributed by atoms with Gasteiger partial charge in [-0.15, -0.1) is 0 Å². The standard InChI is InChI=1S/C19H15ClN2O4S/c1-2-22-17(24)16(9-11-5-3-4-6-14(11)20)27-19(22)21-15-8-7-12(23)10-13(15)18(25)26/h3-10,23H,2H2,1H3,(H,25,26)/b16-9-,21-19?. The van der Waals surface area contributed by atoms with Gasteiger partial charge in [-0.25, -0.2) is 9.79 Å². The van der Waals surface area contributed by atoms with E-state index >= 15 is 0 Å². The van der Waals surface area contributed by atoms with Gasteiger partial charge in [-0.1, -0.05) is 29.8 Å². The first-order valence-electron chi connectivity index (χ1n) is 8.01. The van der Waals surface area contributed by atoms with E-state index in [0.717, 1.165) is 17.8 Å². The molecule has 0 atom stereocenters. The fourth-order valence-electron chi connectivity index (χ4n) is 2.50. The Morgan fingerprint density at radius 2 is 2.04 bits per heavy atom. The second-order valence-electron chi connectivity index (χ2n) is 5.58. The Balaban J connectivity index is 2.02. The summed E-state index contributed by atoms with van der Waals surface area (Å²) in [5.41, 5.74) is 0.728. The molecule has 2 aromatic rings. The molecule has 1 amide bonds. The van der Waals surface area contributed by atoms with Crippen molar-refractivity contribution < 1.29 is 19.8 Å². The van der Waals surface area contributed by atoms with E-state index < -0.39 is 5.97 Å². The lowest BCUT2D eigenvalue weighted by molar-refractivity contribution is -0.122. The zero-order chi connectivity index (χ0) is 19.6. The molecule has 8 heteroatoms. The molecule has 3 rings (SSSR count). The van der Waals surface area contributed by atoms with Crippen molar-refractivity contribution in [3.8, 4) is 5.75 Å². The van der Waals surface area contributed by atoms with E-state index in [1.165, 1.54) is 17.0 Å². The highest BCUT2D eigenvalue weighted by atomic mass is 35.5. The molecule has 0 radical (unpaired) electrons. The van der Waals surface area contributed by atoms with Gasteiger partial charge in [0, 0.05) is 11.6 Å². The van der Waals surface area contributed by atoms with Crippen molar-refractivity contribution in [2.45, 2.75) is 6.92 Å². The number of nitrogens with zero attached hydrogens (tertiary/aromatic N) is 2. The zero-order valence-corrected chi connectivity index (χ0v) is 15.8. The predicted octanol–water partition coefficient (Wildman–Crippen LogP) is 4.37. The lowest BCUT2D eigenvalue weighted by Gasteiger charge is -2.12. The van der Waals surface area contributed by atoms with Gasteiger partial charge in [0.15, 0.2) is 5.17 Å². The second kappa shape index (κ2) is 7.85. The third-order valence-corrected chi connectivity index (χ3v) is 5.17. The summed E-state index contributed by atoms with van der Waals surface area (Å²) in [6, 6.07) is 11.0. The van der Waals surface area contributed by atoms with E-state index in [0.29, 0.717) is 27.2 Å². The fraction of sp³-hybridized carbons (Fsp3) is 0.105. The number of carbonyl (C=O) groups excluding carboxylic acids is 1. The van der Waals surface area contributed by atoms with Gasteiger partial charge in [0.25, 0.3) is 5.91 Å². The van der Waals surface area contributed by atoms with Crippen LogP contribution in [0.15, 0.2) is 52.4 Å². The number of aromatic hydroxyl groups is 1. The number of phenols is 1. The average molecular weight is 403 g/mol. The maximum atomic E-state index is 12.7. The number of carboxylic acid groups (broad SMARTS) is 1. The van der Waals surface area contributed by atoms with Crippen molar-refractivity contribution in [2.75, 3.05) is 6.54 Å². The molecule has 0 saturated carbocycles. The summed E-state index contributed by atoms with van der Waals surface area (Å²) in [4.78, 5) is 30.4. The van der Waals surface area contributed by atoms with E-state index in [4.69, 9.17) is 11.6 Å². The number of amidine groups is 1. The van der Waals surface area contributed by atoms with Crippen LogP contribution in [0.25, 0.3) is 6.08 Å². The first-order chi connectivity index (χ1) is 12.9. The number of aromatic carboxylic acids is 1. The molecule has 0 aliphatic carbocycles. The molecule has 27 heavy (non-hydrogen) atoms. The lowest BCUT2D eigenvalue weighted by atomic mass is 10.2. The van der Waals surface area contributed by atoms with Crippen molar-refractivity contribution in [2.24, 2.45) is 4.99 Å². The minimum absolute atomic E-state index is 0.143. The third-order valence-electron chi connectivity index (χ3n) is 3.82. The van der Waals surface area contributed by atoms with Crippen molar-refractivity contribution in [1.29, 1.82) is 0 Å². The molecule has 1 fully saturated rings. The Morgan fingerprint density at radius 1 is 1.30 bits per heavy atom. The maximum Gasteiger partial charge on any atom is 0.338 e. The molecule has 0 unspecified atom stereocenters. The van der Waals surface area contributed by atoms with E-state index in [1.54, 1.807) is 31.2 Å². The molecular weight excluding hydrogens is 388 g/mol. The summed E-state index contributed by atoms with van der Waals surface area (Å²) in [5.74, 6) is -1.61. The number of thioether (sulfide) groups is 1. The van der Waals surface area contributed by atoms with Gasteiger partial charge in [0.2, 0.25) is 0 Å². The molecule has 0 aromatic heterocycles. The molecule has 1 heterocycles. The van der Waals surface area contributed by atoms with Crippen LogP contribution in [0.4, 0.5) is 5.69 Å². The van der Waals surface area contributed by atoms with Crippen LogP contribution in [0.1, 0.15) is 22.8 Å². The summed E-state index contributed by atoms with van der Waals surface area (Å²) in [6.07, 6.45) is 1.69. The molecule has 6 nitrogen and oxygen atoms in total. The summed E-state index contributed by atoms with van der Waals surface area (Å²) >= 11 is 7.31. The Hall–Kier alpha value is -2.77. The number of halogens is 1. The van der Waals surface area contributed by atoms with Crippen molar-refractivity contribution >= 4 is 52.2 Å². The van der Waals surface area contributed by atoms with Gasteiger partial charge in [-0.3, -0.25) is 9.69 Å². The van der Waals surface area contributed by atoms with Gasteiger partial charge in [0.1, 0.15) is 5.75 Å². The van der Waals surface area contributed by atoms with E-state index in [-0.39, 0.29) is 22.9 Å². The molecule has 0 spiro atoms. The molecule has 1 aliphatic rings. The third kappa shape index (κ3) is 3.99. The minimum Gasteiger partial charge on any atom is -0.508 e. The highest BCUT2D eigenvalue weighted by molar-refractivity contribution is 8.18. The summed E-state index contributed by atoms with van der Waals surface area (Å²) in [6.45, 7) is 2.19. The van der Waals surface area contributed by atoms with Gasteiger partial charge >= 0.3 is 5.97 Å². The smallest absolute Gasteiger partial charge is 0.338 e. The Bertz CT molecular complexity index is 987. The predicted molar refractivity (Wildman–Crippen MR) is 107 cm³/mol.